The van der Waals surface area contributed by atoms with Crippen LogP contribution >= 0.6 is 0 Å². The minimum Gasteiger partial charge on any atom is -0.323 e. The van der Waals surface area contributed by atoms with Crippen LogP contribution in [0.4, 0.5) is 0 Å². The smallest absolute Gasteiger partial charge is 0.110 e. The van der Waals surface area contributed by atoms with Gasteiger partial charge in [0.15, 0.2) is 0 Å². The summed E-state index contributed by atoms with van der Waals surface area (Å²) in [5, 5.41) is 9.43. The van der Waals surface area contributed by atoms with Crippen molar-refractivity contribution < 1.29 is 0 Å². The number of hydrogen-bond donors (Lipinski definition) is 0. The first-order valence-electron chi connectivity index (χ1n) is 11.3. The molecule has 1 heterocycles. The van der Waals surface area contributed by atoms with Gasteiger partial charge in [-0.05, 0) is 54.9 Å². The molecule has 0 unspecified atom stereocenters. The van der Waals surface area contributed by atoms with Crippen LogP contribution in [-0.4, -0.2) is 28.5 Å². The number of aryl methyl sites for hydroxylation is 1. The minimum absolute atomic E-state index is 0.705. The molecule has 0 spiro atoms. The summed E-state index contributed by atoms with van der Waals surface area (Å²) < 4.78 is 2.40. The summed E-state index contributed by atoms with van der Waals surface area (Å²) in [5.41, 5.74) is 7.62. The Balaban J connectivity index is 1.72. The minimum atomic E-state index is 0.705. The van der Waals surface area contributed by atoms with Gasteiger partial charge in [-0.3, -0.25) is 0 Å². The molecule has 0 N–H and O–H groups in total. The fourth-order valence-corrected chi connectivity index (χ4v) is 4.28. The number of benzene rings is 3. The second kappa shape index (κ2) is 9.80. The molecule has 0 amide bonds. The van der Waals surface area contributed by atoms with Gasteiger partial charge in [0.05, 0.1) is 22.7 Å². The number of imidazole rings is 1. The van der Waals surface area contributed by atoms with Crippen molar-refractivity contribution in [3.05, 3.63) is 89.2 Å². The third-order valence-corrected chi connectivity index (χ3v) is 5.82. The molecule has 0 aliphatic carbocycles. The van der Waals surface area contributed by atoms with Crippen molar-refractivity contribution in [2.75, 3.05) is 14.1 Å². The molecule has 0 saturated heterocycles. The monoisotopic (exact) mass is 422 g/mol. The third-order valence-electron chi connectivity index (χ3n) is 5.82. The Morgan fingerprint density at radius 3 is 2.47 bits per heavy atom. The number of hydrogen-bond acceptors (Lipinski definition) is 3. The number of fused-ring (bicyclic) bond motifs is 1. The van der Waals surface area contributed by atoms with E-state index >= 15 is 0 Å². The van der Waals surface area contributed by atoms with E-state index in [4.69, 9.17) is 4.98 Å². The lowest BCUT2D eigenvalue weighted by molar-refractivity contribution is 0.403. The number of para-hydroxylation sites is 1. The molecule has 0 fully saturated rings. The molecule has 4 aromatic rings. The first-order valence-corrected chi connectivity index (χ1v) is 11.3. The van der Waals surface area contributed by atoms with Crippen molar-refractivity contribution in [2.45, 2.75) is 39.3 Å². The van der Waals surface area contributed by atoms with Gasteiger partial charge >= 0.3 is 0 Å². The quantitative estimate of drug-likeness (QED) is 0.348. The van der Waals surface area contributed by atoms with Crippen LogP contribution in [0.1, 0.15) is 42.3 Å². The van der Waals surface area contributed by atoms with E-state index in [1.165, 1.54) is 16.6 Å². The molecule has 32 heavy (non-hydrogen) atoms. The highest BCUT2D eigenvalue weighted by Gasteiger charge is 2.15. The van der Waals surface area contributed by atoms with Crippen LogP contribution in [0.2, 0.25) is 0 Å². The van der Waals surface area contributed by atoms with Crippen molar-refractivity contribution in [1.82, 2.24) is 14.5 Å². The van der Waals surface area contributed by atoms with Gasteiger partial charge in [0, 0.05) is 19.5 Å². The third kappa shape index (κ3) is 4.59. The van der Waals surface area contributed by atoms with Gasteiger partial charge in [0.2, 0.25) is 0 Å². The molecule has 4 nitrogen and oxygen atoms in total. The Morgan fingerprint density at radius 1 is 0.969 bits per heavy atom. The lowest BCUT2D eigenvalue weighted by Crippen LogP contribution is -2.13. The van der Waals surface area contributed by atoms with Crippen molar-refractivity contribution >= 4 is 11.0 Å². The van der Waals surface area contributed by atoms with E-state index in [9.17, 15) is 5.26 Å². The Bertz CT molecular complexity index is 1240. The Kier molecular flexibility index (Phi) is 6.68. The van der Waals surface area contributed by atoms with Crippen LogP contribution in [0.25, 0.3) is 22.2 Å². The molecule has 1 aromatic heterocycles. The normalized spacial score (nSPS) is 11.2. The summed E-state index contributed by atoms with van der Waals surface area (Å²) in [6.07, 6.45) is 3.27. The highest BCUT2D eigenvalue weighted by molar-refractivity contribution is 5.80. The zero-order valence-electron chi connectivity index (χ0n) is 19.2. The van der Waals surface area contributed by atoms with Gasteiger partial charge in [0.25, 0.3) is 0 Å². The molecule has 162 valence electrons. The second-order valence-corrected chi connectivity index (χ2v) is 8.59. The van der Waals surface area contributed by atoms with Gasteiger partial charge in [-0.2, -0.15) is 5.26 Å². The van der Waals surface area contributed by atoms with Gasteiger partial charge < -0.3 is 9.47 Å². The van der Waals surface area contributed by atoms with E-state index in [1.54, 1.807) is 0 Å². The average Bonchev–Trinajstić information content (AvgIpc) is 3.16. The Hall–Kier alpha value is -3.42. The largest absolute Gasteiger partial charge is 0.323 e. The van der Waals surface area contributed by atoms with Crippen molar-refractivity contribution in [2.24, 2.45) is 0 Å². The maximum Gasteiger partial charge on any atom is 0.110 e. The standard InChI is InChI=1S/C28H30N4/c1-4-5-13-27-30-26-12-8-10-24(20-31(2)3)28(26)32(27)19-21-14-16-22(17-15-21)25-11-7-6-9-23(25)18-29/h6-12,14-17H,4-5,13,19-20H2,1-3H3. The van der Waals surface area contributed by atoms with Crippen LogP contribution < -0.4 is 0 Å². The summed E-state index contributed by atoms with van der Waals surface area (Å²) in [4.78, 5) is 7.22. The van der Waals surface area contributed by atoms with Crippen molar-refractivity contribution in [3.8, 4) is 17.2 Å². The topological polar surface area (TPSA) is 44.9 Å². The van der Waals surface area contributed by atoms with E-state index < -0.39 is 0 Å². The summed E-state index contributed by atoms with van der Waals surface area (Å²) >= 11 is 0. The summed E-state index contributed by atoms with van der Waals surface area (Å²) in [5.74, 6) is 1.16. The van der Waals surface area contributed by atoms with Gasteiger partial charge in [0.1, 0.15) is 5.82 Å². The predicted octanol–water partition coefficient (Wildman–Crippen LogP) is 6.03. The zero-order valence-corrected chi connectivity index (χ0v) is 19.2. The summed E-state index contributed by atoms with van der Waals surface area (Å²) in [6.45, 7) is 3.91. The lowest BCUT2D eigenvalue weighted by Gasteiger charge is -2.15. The molecular formula is C28H30N4. The average molecular weight is 423 g/mol. The number of aromatic nitrogens is 2. The van der Waals surface area contributed by atoms with Crippen molar-refractivity contribution in [1.29, 1.82) is 5.26 Å². The second-order valence-electron chi connectivity index (χ2n) is 8.59. The number of rotatable bonds is 8. The molecule has 0 saturated carbocycles. The molecule has 0 atom stereocenters. The van der Waals surface area contributed by atoms with E-state index in [0.717, 1.165) is 54.8 Å². The van der Waals surface area contributed by atoms with E-state index in [1.807, 2.05) is 24.3 Å². The molecule has 4 heteroatoms. The number of nitriles is 1. The van der Waals surface area contributed by atoms with E-state index in [-0.39, 0.29) is 0 Å². The van der Waals surface area contributed by atoms with E-state index in [0.29, 0.717) is 5.56 Å². The highest BCUT2D eigenvalue weighted by atomic mass is 15.1. The molecule has 0 radical (unpaired) electrons. The van der Waals surface area contributed by atoms with Crippen LogP contribution in [0.15, 0.2) is 66.7 Å². The summed E-state index contributed by atoms with van der Waals surface area (Å²) in [6, 6.07) is 25.1. The molecule has 0 aliphatic heterocycles. The van der Waals surface area contributed by atoms with Crippen LogP contribution in [-0.2, 0) is 19.5 Å². The SMILES string of the molecule is CCCCc1nc2cccc(CN(C)C)c2n1Cc1ccc(-c2ccccc2C#N)cc1. The van der Waals surface area contributed by atoms with Crippen LogP contribution in [0.5, 0.6) is 0 Å². The lowest BCUT2D eigenvalue weighted by atomic mass is 9.99. The fourth-order valence-electron chi connectivity index (χ4n) is 4.28. The van der Waals surface area contributed by atoms with Gasteiger partial charge in [-0.25, -0.2) is 4.98 Å². The maximum absolute atomic E-state index is 9.43. The summed E-state index contributed by atoms with van der Waals surface area (Å²) in [7, 11) is 4.21. The fraction of sp³-hybridized carbons (Fsp3) is 0.286. The van der Waals surface area contributed by atoms with Gasteiger partial charge in [-0.15, -0.1) is 0 Å². The first-order chi connectivity index (χ1) is 15.6. The van der Waals surface area contributed by atoms with Crippen molar-refractivity contribution in [3.63, 3.8) is 0 Å². The Morgan fingerprint density at radius 2 is 1.75 bits per heavy atom. The molecule has 0 bridgehead atoms. The van der Waals surface area contributed by atoms with Crippen LogP contribution in [0, 0.1) is 11.3 Å². The first kappa shape index (κ1) is 21.8. The Labute approximate surface area is 190 Å². The van der Waals surface area contributed by atoms with Gasteiger partial charge in [-0.1, -0.05) is 67.9 Å². The molecule has 0 aliphatic rings. The highest BCUT2D eigenvalue weighted by Crippen LogP contribution is 2.26. The number of unbranched alkanes of at least 4 members (excludes halogenated alkanes) is 1. The maximum atomic E-state index is 9.43. The molecular weight excluding hydrogens is 392 g/mol. The van der Waals surface area contributed by atoms with Crippen LogP contribution in [0.3, 0.4) is 0 Å². The zero-order chi connectivity index (χ0) is 22.5. The van der Waals surface area contributed by atoms with E-state index in [2.05, 4.69) is 79.0 Å². The molecule has 3 aromatic carbocycles. The molecule has 4 rings (SSSR count). The predicted molar refractivity (Wildman–Crippen MR) is 131 cm³/mol. The number of nitrogens with zero attached hydrogens (tertiary/aromatic N) is 4.